The minimum absolute atomic E-state index is 0.856. The zero-order chi connectivity index (χ0) is 12.5. The summed E-state index contributed by atoms with van der Waals surface area (Å²) in [6.45, 7) is 7.92. The van der Waals surface area contributed by atoms with Gasteiger partial charge in [-0.25, -0.2) is 0 Å². The highest BCUT2D eigenvalue weighted by Crippen LogP contribution is 2.06. The third-order valence-electron chi connectivity index (χ3n) is 2.63. The van der Waals surface area contributed by atoms with Crippen molar-refractivity contribution < 1.29 is 4.74 Å². The van der Waals surface area contributed by atoms with Crippen LogP contribution in [0, 0.1) is 0 Å². The lowest BCUT2D eigenvalue weighted by Gasteiger charge is -2.05. The summed E-state index contributed by atoms with van der Waals surface area (Å²) in [5.74, 6) is 0. The molecule has 1 heterocycles. The molecule has 1 N–H and O–H groups in total. The number of nitrogens with zero attached hydrogens (tertiary/aromatic N) is 2. The van der Waals surface area contributed by atoms with Crippen molar-refractivity contribution in [3.05, 3.63) is 17.5 Å². The van der Waals surface area contributed by atoms with Crippen LogP contribution >= 0.6 is 0 Å². The Hall–Kier alpha value is -0.870. The zero-order valence-electron chi connectivity index (χ0n) is 11.3. The Bertz CT molecular complexity index is 310. The minimum atomic E-state index is 0.856. The maximum Gasteiger partial charge on any atom is 0.0666 e. The summed E-state index contributed by atoms with van der Waals surface area (Å²) < 4.78 is 7.32. The van der Waals surface area contributed by atoms with Crippen LogP contribution in [0.5, 0.6) is 0 Å². The fourth-order valence-electron chi connectivity index (χ4n) is 1.80. The molecule has 1 rings (SSSR count). The summed E-state index contributed by atoms with van der Waals surface area (Å²) in [5.41, 5.74) is 2.51. The third kappa shape index (κ3) is 5.33. The van der Waals surface area contributed by atoms with Gasteiger partial charge in [0.25, 0.3) is 0 Å². The van der Waals surface area contributed by atoms with Gasteiger partial charge >= 0.3 is 0 Å². The van der Waals surface area contributed by atoms with Crippen molar-refractivity contribution in [3.63, 3.8) is 0 Å². The molecular weight excluding hydrogens is 214 g/mol. The molecular formula is C13H25N3O. The van der Waals surface area contributed by atoms with E-state index in [9.17, 15) is 0 Å². The van der Waals surface area contributed by atoms with Crippen LogP contribution in [0.15, 0.2) is 6.20 Å². The van der Waals surface area contributed by atoms with Crippen molar-refractivity contribution >= 4 is 0 Å². The Morgan fingerprint density at radius 2 is 2.18 bits per heavy atom. The lowest BCUT2D eigenvalue weighted by molar-refractivity contribution is 0.132. The normalized spacial score (nSPS) is 11.0. The summed E-state index contributed by atoms with van der Waals surface area (Å²) >= 11 is 0. The van der Waals surface area contributed by atoms with Gasteiger partial charge < -0.3 is 10.1 Å². The lowest BCUT2D eigenvalue weighted by atomic mass is 10.2. The minimum Gasteiger partial charge on any atom is -0.381 e. The van der Waals surface area contributed by atoms with E-state index in [-0.39, 0.29) is 0 Å². The van der Waals surface area contributed by atoms with E-state index in [0.717, 1.165) is 45.6 Å². The van der Waals surface area contributed by atoms with Crippen molar-refractivity contribution in [1.29, 1.82) is 0 Å². The second-order valence-corrected chi connectivity index (χ2v) is 4.27. The lowest BCUT2D eigenvalue weighted by Crippen LogP contribution is -2.17. The predicted octanol–water partition coefficient (Wildman–Crippen LogP) is 1.89. The molecule has 1 aromatic rings. The van der Waals surface area contributed by atoms with Gasteiger partial charge in [0.1, 0.15) is 0 Å². The van der Waals surface area contributed by atoms with Gasteiger partial charge in [-0.1, -0.05) is 13.8 Å². The summed E-state index contributed by atoms with van der Waals surface area (Å²) in [7, 11) is 1.97. The van der Waals surface area contributed by atoms with Gasteiger partial charge in [-0.2, -0.15) is 5.10 Å². The molecule has 0 aliphatic carbocycles. The van der Waals surface area contributed by atoms with Crippen molar-refractivity contribution in [2.24, 2.45) is 7.05 Å². The molecule has 1 aromatic heterocycles. The van der Waals surface area contributed by atoms with Crippen LogP contribution in [-0.4, -0.2) is 29.5 Å². The summed E-state index contributed by atoms with van der Waals surface area (Å²) in [6.07, 6.45) is 5.27. The van der Waals surface area contributed by atoms with E-state index in [4.69, 9.17) is 4.74 Å². The molecule has 0 amide bonds. The van der Waals surface area contributed by atoms with Crippen LogP contribution in [0.4, 0.5) is 0 Å². The Labute approximate surface area is 104 Å². The maximum atomic E-state index is 5.43. The molecule has 0 fully saturated rings. The maximum absolute atomic E-state index is 5.43. The van der Waals surface area contributed by atoms with Gasteiger partial charge in [0.05, 0.1) is 5.69 Å². The van der Waals surface area contributed by atoms with Crippen LogP contribution < -0.4 is 5.32 Å². The molecule has 4 nitrogen and oxygen atoms in total. The summed E-state index contributed by atoms with van der Waals surface area (Å²) in [5, 5.41) is 7.85. The van der Waals surface area contributed by atoms with Gasteiger partial charge in [0, 0.05) is 38.6 Å². The average molecular weight is 239 g/mol. The largest absolute Gasteiger partial charge is 0.381 e. The van der Waals surface area contributed by atoms with E-state index in [1.165, 1.54) is 11.3 Å². The van der Waals surface area contributed by atoms with E-state index in [0.29, 0.717) is 0 Å². The molecule has 0 saturated carbocycles. The first-order valence-electron chi connectivity index (χ1n) is 6.57. The number of nitrogens with one attached hydrogen (secondary N) is 1. The van der Waals surface area contributed by atoms with E-state index >= 15 is 0 Å². The summed E-state index contributed by atoms with van der Waals surface area (Å²) in [4.78, 5) is 0. The molecule has 17 heavy (non-hydrogen) atoms. The predicted molar refractivity (Wildman–Crippen MR) is 70.0 cm³/mol. The van der Waals surface area contributed by atoms with E-state index < -0.39 is 0 Å². The Balaban J connectivity index is 2.13. The fraction of sp³-hybridized carbons (Fsp3) is 0.769. The van der Waals surface area contributed by atoms with E-state index in [1.807, 2.05) is 11.7 Å². The van der Waals surface area contributed by atoms with Crippen LogP contribution in [0.2, 0.25) is 0 Å². The molecule has 0 aliphatic heterocycles. The first-order chi connectivity index (χ1) is 8.27. The van der Waals surface area contributed by atoms with Crippen LogP contribution in [-0.2, 0) is 24.8 Å². The molecule has 0 unspecified atom stereocenters. The molecule has 0 aromatic carbocycles. The number of hydrogen-bond donors (Lipinski definition) is 1. The van der Waals surface area contributed by atoms with Crippen molar-refractivity contribution in [1.82, 2.24) is 15.1 Å². The second kappa shape index (κ2) is 8.25. The fourth-order valence-corrected chi connectivity index (χ4v) is 1.80. The van der Waals surface area contributed by atoms with Gasteiger partial charge in [-0.05, 0) is 25.8 Å². The Kier molecular flexibility index (Phi) is 6.89. The van der Waals surface area contributed by atoms with Crippen molar-refractivity contribution in [3.8, 4) is 0 Å². The Morgan fingerprint density at radius 3 is 2.88 bits per heavy atom. The SMILES string of the molecule is CCCOCCCNCc1cn(C)nc1CC. The summed E-state index contributed by atoms with van der Waals surface area (Å²) in [6, 6.07) is 0. The number of hydrogen-bond acceptors (Lipinski definition) is 3. The van der Waals surface area contributed by atoms with Crippen LogP contribution in [0.3, 0.4) is 0 Å². The van der Waals surface area contributed by atoms with Gasteiger partial charge in [0.2, 0.25) is 0 Å². The highest BCUT2D eigenvalue weighted by atomic mass is 16.5. The number of ether oxygens (including phenoxy) is 1. The number of aromatic nitrogens is 2. The molecule has 0 spiro atoms. The van der Waals surface area contributed by atoms with Crippen molar-refractivity contribution in [2.75, 3.05) is 19.8 Å². The molecule has 0 radical (unpaired) electrons. The zero-order valence-corrected chi connectivity index (χ0v) is 11.3. The first kappa shape index (κ1) is 14.2. The Morgan fingerprint density at radius 1 is 1.35 bits per heavy atom. The molecule has 0 bridgehead atoms. The highest BCUT2D eigenvalue weighted by molar-refractivity contribution is 5.16. The first-order valence-corrected chi connectivity index (χ1v) is 6.57. The molecule has 4 heteroatoms. The van der Waals surface area contributed by atoms with Gasteiger partial charge in [0.15, 0.2) is 0 Å². The van der Waals surface area contributed by atoms with Gasteiger partial charge in [-0.3, -0.25) is 4.68 Å². The smallest absolute Gasteiger partial charge is 0.0666 e. The van der Waals surface area contributed by atoms with Crippen LogP contribution in [0.1, 0.15) is 37.9 Å². The topological polar surface area (TPSA) is 39.1 Å². The second-order valence-electron chi connectivity index (χ2n) is 4.27. The average Bonchev–Trinajstić information content (AvgIpc) is 2.68. The van der Waals surface area contributed by atoms with Crippen molar-refractivity contribution in [2.45, 2.75) is 39.7 Å². The van der Waals surface area contributed by atoms with E-state index in [2.05, 4.69) is 30.5 Å². The van der Waals surface area contributed by atoms with Gasteiger partial charge in [-0.15, -0.1) is 0 Å². The van der Waals surface area contributed by atoms with Crippen LogP contribution in [0.25, 0.3) is 0 Å². The quantitative estimate of drug-likeness (QED) is 0.669. The number of rotatable bonds is 9. The molecule has 0 aliphatic rings. The van der Waals surface area contributed by atoms with E-state index in [1.54, 1.807) is 0 Å². The monoisotopic (exact) mass is 239 g/mol. The standard InChI is InChI=1S/C13H25N3O/c1-4-8-17-9-6-7-14-10-12-11-16(3)15-13(12)5-2/h11,14H,4-10H2,1-3H3. The highest BCUT2D eigenvalue weighted by Gasteiger charge is 2.04. The molecule has 98 valence electrons. The third-order valence-corrected chi connectivity index (χ3v) is 2.63. The molecule has 0 atom stereocenters. The molecule has 0 saturated heterocycles. The number of aryl methyl sites for hydroxylation is 2.